The van der Waals surface area contributed by atoms with Crippen molar-refractivity contribution in [3.8, 4) is 17.2 Å². The van der Waals surface area contributed by atoms with Crippen LogP contribution in [0.4, 0.5) is 4.39 Å². The number of ether oxygens (including phenoxy) is 4. The van der Waals surface area contributed by atoms with Crippen LogP contribution in [0, 0.1) is 5.82 Å². The van der Waals surface area contributed by atoms with Crippen LogP contribution >= 0.6 is 0 Å². The molecule has 0 spiro atoms. The predicted octanol–water partition coefficient (Wildman–Crippen LogP) is 1.19. The van der Waals surface area contributed by atoms with Crippen LogP contribution < -0.4 is 14.2 Å². The number of halogens is 1. The molecule has 0 aromatic heterocycles. The van der Waals surface area contributed by atoms with Gasteiger partial charge in [-0.05, 0) is 23.8 Å². The van der Waals surface area contributed by atoms with Crippen molar-refractivity contribution in [1.29, 1.82) is 0 Å². The highest BCUT2D eigenvalue weighted by molar-refractivity contribution is 5.75. The first-order chi connectivity index (χ1) is 14.9. The van der Waals surface area contributed by atoms with E-state index in [-0.39, 0.29) is 17.3 Å². The highest BCUT2D eigenvalue weighted by atomic mass is 19.1. The molecule has 0 saturated carbocycles. The summed E-state index contributed by atoms with van der Waals surface area (Å²) >= 11 is 0. The summed E-state index contributed by atoms with van der Waals surface area (Å²) in [6.45, 7) is -0.586. The third-order valence-electron chi connectivity index (χ3n) is 4.90. The Hall–Kier alpha value is -2.69. The molecule has 3 rings (SSSR count). The van der Waals surface area contributed by atoms with Gasteiger partial charge >= 0.3 is 0 Å². The van der Waals surface area contributed by atoms with E-state index >= 15 is 0 Å². The van der Waals surface area contributed by atoms with Crippen LogP contribution in [0.2, 0.25) is 0 Å². The second-order valence-electron chi connectivity index (χ2n) is 6.95. The molecule has 168 valence electrons. The monoisotopic (exact) mass is 436 g/mol. The Morgan fingerprint density at radius 3 is 2.42 bits per heavy atom. The first kappa shape index (κ1) is 23.0. The SMILES string of the molecule is COc1cc(/C=C/c2cccc(F)c2)c(OC2O[C@H](CO)[C@@H](O)[C@H](O)[C@H]2O)c(OC)c1. The molecule has 2 aromatic rings. The molecule has 1 unspecified atom stereocenters. The highest BCUT2D eigenvalue weighted by Gasteiger charge is 2.45. The number of methoxy groups -OCH3 is 2. The summed E-state index contributed by atoms with van der Waals surface area (Å²) in [6, 6.07) is 9.17. The van der Waals surface area contributed by atoms with Crippen LogP contribution in [0.25, 0.3) is 12.2 Å². The smallest absolute Gasteiger partial charge is 0.229 e. The van der Waals surface area contributed by atoms with Gasteiger partial charge in [0.2, 0.25) is 6.29 Å². The van der Waals surface area contributed by atoms with Crippen LogP contribution in [0.5, 0.6) is 17.2 Å². The van der Waals surface area contributed by atoms with Crippen molar-refractivity contribution in [2.24, 2.45) is 0 Å². The van der Waals surface area contributed by atoms with E-state index in [1.807, 2.05) is 0 Å². The quantitative estimate of drug-likeness (QED) is 0.478. The van der Waals surface area contributed by atoms with E-state index in [2.05, 4.69) is 0 Å². The van der Waals surface area contributed by atoms with Gasteiger partial charge in [0.25, 0.3) is 0 Å². The molecule has 1 aliphatic heterocycles. The number of benzene rings is 2. The molecule has 9 heteroatoms. The van der Waals surface area contributed by atoms with E-state index in [9.17, 15) is 24.8 Å². The van der Waals surface area contributed by atoms with Gasteiger partial charge in [0, 0.05) is 11.6 Å². The average Bonchev–Trinajstić information content (AvgIpc) is 2.78. The summed E-state index contributed by atoms with van der Waals surface area (Å²) in [5.74, 6) is 0.468. The summed E-state index contributed by atoms with van der Waals surface area (Å²) in [4.78, 5) is 0. The van der Waals surface area contributed by atoms with Gasteiger partial charge < -0.3 is 39.4 Å². The zero-order valence-corrected chi connectivity index (χ0v) is 17.0. The van der Waals surface area contributed by atoms with E-state index < -0.39 is 37.3 Å². The molecule has 4 N–H and O–H groups in total. The van der Waals surface area contributed by atoms with Crippen molar-refractivity contribution in [2.75, 3.05) is 20.8 Å². The van der Waals surface area contributed by atoms with Crippen molar-refractivity contribution in [3.05, 3.63) is 53.3 Å². The third-order valence-corrected chi connectivity index (χ3v) is 4.90. The molecule has 0 bridgehead atoms. The van der Waals surface area contributed by atoms with E-state index in [1.165, 1.54) is 26.4 Å². The van der Waals surface area contributed by atoms with Crippen LogP contribution in [-0.2, 0) is 4.74 Å². The van der Waals surface area contributed by atoms with Gasteiger partial charge in [-0.1, -0.05) is 24.3 Å². The zero-order valence-electron chi connectivity index (χ0n) is 17.0. The number of rotatable bonds is 7. The zero-order chi connectivity index (χ0) is 22.5. The highest BCUT2D eigenvalue weighted by Crippen LogP contribution is 2.39. The fourth-order valence-electron chi connectivity index (χ4n) is 3.19. The Morgan fingerprint density at radius 1 is 1.00 bits per heavy atom. The van der Waals surface area contributed by atoms with E-state index in [4.69, 9.17) is 18.9 Å². The second kappa shape index (κ2) is 10.1. The summed E-state index contributed by atoms with van der Waals surface area (Å²) in [5, 5.41) is 39.7. The van der Waals surface area contributed by atoms with E-state index in [0.29, 0.717) is 16.9 Å². The van der Waals surface area contributed by atoms with Gasteiger partial charge in [0.1, 0.15) is 36.0 Å². The fraction of sp³-hybridized carbons (Fsp3) is 0.364. The average molecular weight is 436 g/mol. The van der Waals surface area contributed by atoms with Gasteiger partial charge in [-0.25, -0.2) is 4.39 Å². The third kappa shape index (κ3) is 5.15. The minimum atomic E-state index is -1.59. The molecule has 2 aromatic carbocycles. The topological polar surface area (TPSA) is 118 Å². The molecular weight excluding hydrogens is 411 g/mol. The molecule has 1 aliphatic rings. The molecule has 1 fully saturated rings. The lowest BCUT2D eigenvalue weighted by molar-refractivity contribution is -0.277. The predicted molar refractivity (Wildman–Crippen MR) is 109 cm³/mol. The van der Waals surface area contributed by atoms with Crippen molar-refractivity contribution < 1.29 is 43.8 Å². The maximum atomic E-state index is 13.5. The summed E-state index contributed by atoms with van der Waals surface area (Å²) in [5.41, 5.74) is 1.05. The molecule has 0 amide bonds. The van der Waals surface area contributed by atoms with Gasteiger partial charge in [-0.3, -0.25) is 0 Å². The lowest BCUT2D eigenvalue weighted by Gasteiger charge is -2.39. The maximum absolute atomic E-state index is 13.5. The van der Waals surface area contributed by atoms with Crippen molar-refractivity contribution >= 4 is 12.2 Å². The Bertz CT molecular complexity index is 916. The Labute approximate surface area is 178 Å². The summed E-state index contributed by atoms with van der Waals surface area (Å²) in [6.07, 6.45) is -3.93. The first-order valence-electron chi connectivity index (χ1n) is 9.54. The largest absolute Gasteiger partial charge is 0.497 e. The standard InChI is InChI=1S/C22H25FO8/c1-28-15-9-13(7-6-12-4-3-5-14(23)8-12)21(16(10-15)29-2)31-22-20(27)19(26)18(25)17(11-24)30-22/h3-10,17-20,22,24-27H,11H2,1-2H3/b7-6+/t17-,18-,19+,20-,22?/m1/s1. The van der Waals surface area contributed by atoms with Crippen molar-refractivity contribution in [3.63, 3.8) is 0 Å². The van der Waals surface area contributed by atoms with Crippen LogP contribution in [-0.4, -0.2) is 72.0 Å². The number of aliphatic hydroxyl groups is 4. The Balaban J connectivity index is 1.98. The molecule has 31 heavy (non-hydrogen) atoms. The second-order valence-corrected chi connectivity index (χ2v) is 6.95. The van der Waals surface area contributed by atoms with Crippen LogP contribution in [0.1, 0.15) is 11.1 Å². The van der Waals surface area contributed by atoms with Crippen LogP contribution in [0.3, 0.4) is 0 Å². The van der Waals surface area contributed by atoms with Crippen LogP contribution in [0.15, 0.2) is 36.4 Å². The molecule has 0 radical (unpaired) electrons. The molecule has 5 atom stereocenters. The van der Waals surface area contributed by atoms with Gasteiger partial charge in [0.15, 0.2) is 11.5 Å². The van der Waals surface area contributed by atoms with Gasteiger partial charge in [0.05, 0.1) is 20.8 Å². The molecule has 8 nitrogen and oxygen atoms in total. The number of hydrogen-bond acceptors (Lipinski definition) is 8. The fourth-order valence-corrected chi connectivity index (χ4v) is 3.19. The Kier molecular flexibility index (Phi) is 7.47. The Morgan fingerprint density at radius 2 is 1.77 bits per heavy atom. The maximum Gasteiger partial charge on any atom is 0.229 e. The normalized spacial score (nSPS) is 26.1. The van der Waals surface area contributed by atoms with Gasteiger partial charge in [-0.2, -0.15) is 0 Å². The van der Waals surface area contributed by atoms with Crippen molar-refractivity contribution in [2.45, 2.75) is 30.7 Å². The number of aliphatic hydroxyl groups excluding tert-OH is 4. The first-order valence-corrected chi connectivity index (χ1v) is 9.54. The van der Waals surface area contributed by atoms with E-state index in [0.717, 1.165) is 0 Å². The lowest BCUT2D eigenvalue weighted by atomic mass is 9.99. The van der Waals surface area contributed by atoms with E-state index in [1.54, 1.807) is 36.4 Å². The molecule has 1 saturated heterocycles. The summed E-state index contributed by atoms with van der Waals surface area (Å²) < 4.78 is 35.4. The lowest BCUT2D eigenvalue weighted by Crippen LogP contribution is -2.60. The summed E-state index contributed by atoms with van der Waals surface area (Å²) in [7, 11) is 2.89. The molecular formula is C22H25FO8. The van der Waals surface area contributed by atoms with Crippen molar-refractivity contribution in [1.82, 2.24) is 0 Å². The van der Waals surface area contributed by atoms with Gasteiger partial charge in [-0.15, -0.1) is 0 Å². The number of hydrogen-bond donors (Lipinski definition) is 4. The minimum Gasteiger partial charge on any atom is -0.497 e. The molecule has 1 heterocycles. The minimum absolute atomic E-state index is 0.153. The molecule has 0 aliphatic carbocycles.